The summed E-state index contributed by atoms with van der Waals surface area (Å²) in [6, 6.07) is 0.306. The van der Waals surface area contributed by atoms with Crippen LogP contribution in [0.4, 0.5) is 0 Å². The molecule has 0 saturated carbocycles. The summed E-state index contributed by atoms with van der Waals surface area (Å²) in [7, 11) is 0. The maximum absolute atomic E-state index is 10.4. The summed E-state index contributed by atoms with van der Waals surface area (Å²) in [5, 5.41) is 11.1. The van der Waals surface area contributed by atoms with Gasteiger partial charge in [-0.1, -0.05) is 13.8 Å². The highest BCUT2D eigenvalue weighted by molar-refractivity contribution is 5.81. The van der Waals surface area contributed by atoms with E-state index in [0.29, 0.717) is 6.04 Å². The van der Waals surface area contributed by atoms with Gasteiger partial charge in [0.15, 0.2) is 5.78 Å². The van der Waals surface area contributed by atoms with Gasteiger partial charge in [-0.2, -0.15) is 0 Å². The van der Waals surface area contributed by atoms with Crippen molar-refractivity contribution in [3.05, 3.63) is 0 Å². The summed E-state index contributed by atoms with van der Waals surface area (Å²) in [5.74, 6) is -0.163. The van der Waals surface area contributed by atoms with Crippen molar-refractivity contribution >= 4 is 5.78 Å². The molecule has 0 unspecified atom stereocenters. The van der Waals surface area contributed by atoms with Crippen LogP contribution in [0.15, 0.2) is 0 Å². The largest absolute Gasteiger partial charge is 0.389 e. The molecule has 2 N–H and O–H groups in total. The molecule has 0 aliphatic rings. The van der Waals surface area contributed by atoms with Crippen molar-refractivity contribution in [3.8, 4) is 0 Å². The van der Waals surface area contributed by atoms with Gasteiger partial charge < -0.3 is 10.4 Å². The predicted molar refractivity (Wildman–Crippen MR) is 35.2 cm³/mol. The number of carbonyl (C=O) groups excluding carboxylic acids is 1. The number of aliphatic hydroxyl groups is 1. The maximum atomic E-state index is 10.4. The molecule has 54 valence electrons. The van der Waals surface area contributed by atoms with E-state index in [9.17, 15) is 4.79 Å². The summed E-state index contributed by atoms with van der Waals surface area (Å²) < 4.78 is 0. The Morgan fingerprint density at radius 3 is 2.56 bits per heavy atom. The normalized spacial score (nSPS) is 10.2. The van der Waals surface area contributed by atoms with Crippen molar-refractivity contribution < 1.29 is 9.90 Å². The second-order valence-electron chi connectivity index (χ2n) is 2.23. The van der Waals surface area contributed by atoms with Gasteiger partial charge in [-0.15, -0.1) is 0 Å². The molecule has 9 heavy (non-hydrogen) atoms. The Bertz CT molecular complexity index is 91.1. The van der Waals surface area contributed by atoms with Gasteiger partial charge in [0.25, 0.3) is 0 Å². The number of ketones is 1. The van der Waals surface area contributed by atoms with Gasteiger partial charge in [0.1, 0.15) is 6.61 Å². The van der Waals surface area contributed by atoms with E-state index in [2.05, 4.69) is 5.32 Å². The molecule has 0 radical (unpaired) electrons. The average molecular weight is 131 g/mol. The summed E-state index contributed by atoms with van der Waals surface area (Å²) in [6.45, 7) is 3.81. The number of Topliss-reactive ketones (excluding diaryl/α,β-unsaturated/α-hetero) is 1. The minimum absolute atomic E-state index is 0.163. The number of aliphatic hydroxyl groups excluding tert-OH is 1. The van der Waals surface area contributed by atoms with Crippen LogP contribution in [0.2, 0.25) is 0 Å². The van der Waals surface area contributed by atoms with Crippen LogP contribution in [0, 0.1) is 0 Å². The highest BCUT2D eigenvalue weighted by atomic mass is 16.3. The van der Waals surface area contributed by atoms with Crippen molar-refractivity contribution in [1.82, 2.24) is 5.32 Å². The minimum Gasteiger partial charge on any atom is -0.389 e. The first kappa shape index (κ1) is 8.59. The van der Waals surface area contributed by atoms with Gasteiger partial charge in [0.05, 0.1) is 6.54 Å². The molecule has 0 aromatic heterocycles. The average Bonchev–Trinajstić information content (AvgIpc) is 1.83. The lowest BCUT2D eigenvalue weighted by molar-refractivity contribution is -0.120. The zero-order chi connectivity index (χ0) is 7.28. The van der Waals surface area contributed by atoms with Gasteiger partial charge in [-0.25, -0.2) is 0 Å². The Hall–Kier alpha value is -0.410. The predicted octanol–water partition coefficient (Wildman–Crippen LogP) is -0.454. The fourth-order valence-electron chi connectivity index (χ4n) is 0.374. The molecule has 3 nitrogen and oxygen atoms in total. The van der Waals surface area contributed by atoms with Crippen LogP contribution in [0.5, 0.6) is 0 Å². The van der Waals surface area contributed by atoms with Crippen LogP contribution in [0.3, 0.4) is 0 Å². The van der Waals surface area contributed by atoms with E-state index >= 15 is 0 Å². The van der Waals surface area contributed by atoms with E-state index in [1.54, 1.807) is 0 Å². The smallest absolute Gasteiger partial charge is 0.171 e. The summed E-state index contributed by atoms with van der Waals surface area (Å²) >= 11 is 0. The van der Waals surface area contributed by atoms with Crippen LogP contribution in [0.25, 0.3) is 0 Å². The maximum Gasteiger partial charge on any atom is 0.171 e. The molecule has 3 heteroatoms. The van der Waals surface area contributed by atoms with Crippen molar-refractivity contribution in [2.45, 2.75) is 19.9 Å². The second-order valence-corrected chi connectivity index (χ2v) is 2.23. The summed E-state index contributed by atoms with van der Waals surface area (Å²) in [5.41, 5.74) is 0. The van der Waals surface area contributed by atoms with Gasteiger partial charge in [-0.3, -0.25) is 4.79 Å². The quantitative estimate of drug-likeness (QED) is 0.543. The first-order valence-electron chi connectivity index (χ1n) is 3.02. The van der Waals surface area contributed by atoms with E-state index in [1.165, 1.54) is 0 Å². The molecule has 0 aromatic carbocycles. The monoisotopic (exact) mass is 131 g/mol. The molecule has 0 spiro atoms. The number of hydrogen-bond donors (Lipinski definition) is 2. The molecular formula is C6H13NO2. The lowest BCUT2D eigenvalue weighted by atomic mass is 10.3. The van der Waals surface area contributed by atoms with E-state index < -0.39 is 0 Å². The van der Waals surface area contributed by atoms with Crippen LogP contribution < -0.4 is 5.32 Å². The molecule has 0 amide bonds. The number of rotatable bonds is 4. The van der Waals surface area contributed by atoms with Crippen molar-refractivity contribution in [1.29, 1.82) is 0 Å². The lowest BCUT2D eigenvalue weighted by Crippen LogP contribution is -2.30. The van der Waals surface area contributed by atoms with Gasteiger partial charge in [-0.05, 0) is 0 Å². The number of hydrogen-bond acceptors (Lipinski definition) is 3. The molecule has 0 rings (SSSR count). The minimum atomic E-state index is -0.361. The molecule has 0 aliphatic heterocycles. The Kier molecular flexibility index (Phi) is 4.26. The number of carbonyl (C=O) groups is 1. The van der Waals surface area contributed by atoms with Gasteiger partial charge in [0.2, 0.25) is 0 Å². The Morgan fingerprint density at radius 1 is 1.67 bits per heavy atom. The highest BCUT2D eigenvalue weighted by Gasteiger charge is 1.98. The van der Waals surface area contributed by atoms with Crippen molar-refractivity contribution in [2.24, 2.45) is 0 Å². The van der Waals surface area contributed by atoms with Crippen LogP contribution in [-0.2, 0) is 4.79 Å². The third-order valence-corrected chi connectivity index (χ3v) is 0.884. The molecular weight excluding hydrogens is 118 g/mol. The SMILES string of the molecule is CC(C)NCC(=O)CO. The topological polar surface area (TPSA) is 49.3 Å². The molecule has 0 fully saturated rings. The molecule has 0 heterocycles. The fourth-order valence-corrected chi connectivity index (χ4v) is 0.374. The number of nitrogens with one attached hydrogen (secondary N) is 1. The van der Waals surface area contributed by atoms with E-state index in [0.717, 1.165) is 0 Å². The van der Waals surface area contributed by atoms with Crippen molar-refractivity contribution in [3.63, 3.8) is 0 Å². The summed E-state index contributed by atoms with van der Waals surface area (Å²) in [4.78, 5) is 10.4. The van der Waals surface area contributed by atoms with Crippen LogP contribution in [0.1, 0.15) is 13.8 Å². The third-order valence-electron chi connectivity index (χ3n) is 0.884. The molecule has 0 aromatic rings. The fraction of sp³-hybridized carbons (Fsp3) is 0.833. The van der Waals surface area contributed by atoms with Crippen LogP contribution in [-0.4, -0.2) is 30.1 Å². The Labute approximate surface area is 55.1 Å². The lowest BCUT2D eigenvalue weighted by Gasteiger charge is -2.04. The van der Waals surface area contributed by atoms with Gasteiger partial charge in [0, 0.05) is 6.04 Å². The highest BCUT2D eigenvalue weighted by Crippen LogP contribution is 1.74. The summed E-state index contributed by atoms with van der Waals surface area (Å²) in [6.07, 6.45) is 0. The molecule has 0 bridgehead atoms. The molecule has 0 atom stereocenters. The zero-order valence-corrected chi connectivity index (χ0v) is 5.85. The van der Waals surface area contributed by atoms with Gasteiger partial charge >= 0.3 is 0 Å². The van der Waals surface area contributed by atoms with E-state index in [4.69, 9.17) is 5.11 Å². The van der Waals surface area contributed by atoms with Crippen LogP contribution >= 0.6 is 0 Å². The van der Waals surface area contributed by atoms with Crippen molar-refractivity contribution in [2.75, 3.05) is 13.2 Å². The molecule has 0 saturated heterocycles. The first-order valence-corrected chi connectivity index (χ1v) is 3.02. The molecule has 0 aliphatic carbocycles. The second kappa shape index (κ2) is 4.47. The standard InChI is InChI=1S/C6H13NO2/c1-5(2)7-3-6(9)4-8/h5,7-8H,3-4H2,1-2H3. The Morgan fingerprint density at radius 2 is 2.22 bits per heavy atom. The Balaban J connectivity index is 3.17. The third kappa shape index (κ3) is 5.46. The van der Waals surface area contributed by atoms with E-state index in [-0.39, 0.29) is 18.9 Å². The zero-order valence-electron chi connectivity index (χ0n) is 5.85. The van der Waals surface area contributed by atoms with E-state index in [1.807, 2.05) is 13.8 Å². The first-order chi connectivity index (χ1) is 4.16.